The molecule has 0 aliphatic heterocycles. The fraction of sp³-hybridized carbons (Fsp3) is 0.429. The number of allylic oxidation sites excluding steroid dienone is 1. The van der Waals surface area contributed by atoms with E-state index in [2.05, 4.69) is 29.4 Å². The van der Waals surface area contributed by atoms with E-state index in [1.54, 1.807) is 7.11 Å². The molecular formula is C14H19BrO2. The number of ether oxygens (including phenoxy) is 2. The van der Waals surface area contributed by atoms with Crippen LogP contribution in [-0.2, 0) is 11.3 Å². The van der Waals surface area contributed by atoms with Gasteiger partial charge in [-0.25, -0.2) is 0 Å². The SMILES string of the molecule is C=C(Br)C[C@H](C)COCc1ccc(OC)cc1. The average Bonchev–Trinajstić information content (AvgIpc) is 2.29. The molecule has 0 radical (unpaired) electrons. The summed E-state index contributed by atoms with van der Waals surface area (Å²) in [5, 5.41) is 0. The van der Waals surface area contributed by atoms with Crippen LogP contribution in [0.5, 0.6) is 5.75 Å². The van der Waals surface area contributed by atoms with Crippen molar-refractivity contribution < 1.29 is 9.47 Å². The van der Waals surface area contributed by atoms with Gasteiger partial charge in [-0.05, 0) is 34.5 Å². The molecular weight excluding hydrogens is 280 g/mol. The van der Waals surface area contributed by atoms with Gasteiger partial charge in [-0.1, -0.05) is 41.6 Å². The Morgan fingerprint density at radius 2 is 2.00 bits per heavy atom. The second kappa shape index (κ2) is 7.51. The number of rotatable bonds is 7. The highest BCUT2D eigenvalue weighted by Crippen LogP contribution is 2.16. The van der Waals surface area contributed by atoms with Crippen molar-refractivity contribution in [1.82, 2.24) is 0 Å². The van der Waals surface area contributed by atoms with Crippen molar-refractivity contribution in [1.29, 1.82) is 0 Å². The Bertz CT molecular complexity index is 346. The van der Waals surface area contributed by atoms with Gasteiger partial charge in [0.05, 0.1) is 13.7 Å². The summed E-state index contributed by atoms with van der Waals surface area (Å²) in [5.41, 5.74) is 1.16. The van der Waals surface area contributed by atoms with Gasteiger partial charge in [0, 0.05) is 6.61 Å². The molecule has 0 amide bonds. The van der Waals surface area contributed by atoms with E-state index in [4.69, 9.17) is 9.47 Å². The third-order valence-corrected chi connectivity index (χ3v) is 2.72. The Kier molecular flexibility index (Phi) is 6.30. The molecule has 0 spiro atoms. The zero-order valence-electron chi connectivity index (χ0n) is 10.4. The first-order chi connectivity index (χ1) is 8.11. The highest BCUT2D eigenvalue weighted by Gasteiger charge is 2.03. The summed E-state index contributed by atoms with van der Waals surface area (Å²) >= 11 is 3.36. The molecule has 1 aromatic rings. The van der Waals surface area contributed by atoms with Crippen molar-refractivity contribution in [2.24, 2.45) is 5.92 Å². The number of hydrogen-bond donors (Lipinski definition) is 0. The van der Waals surface area contributed by atoms with Crippen LogP contribution in [0.2, 0.25) is 0 Å². The van der Waals surface area contributed by atoms with Gasteiger partial charge in [-0.3, -0.25) is 0 Å². The minimum absolute atomic E-state index is 0.486. The largest absolute Gasteiger partial charge is 0.497 e. The van der Waals surface area contributed by atoms with Crippen LogP contribution in [0.4, 0.5) is 0 Å². The Morgan fingerprint density at radius 1 is 1.35 bits per heavy atom. The van der Waals surface area contributed by atoms with Crippen LogP contribution in [-0.4, -0.2) is 13.7 Å². The lowest BCUT2D eigenvalue weighted by Gasteiger charge is -2.11. The minimum Gasteiger partial charge on any atom is -0.497 e. The molecule has 1 rings (SSSR count). The molecule has 2 nitrogen and oxygen atoms in total. The summed E-state index contributed by atoms with van der Waals surface area (Å²) in [6, 6.07) is 7.94. The number of halogens is 1. The molecule has 0 aliphatic rings. The smallest absolute Gasteiger partial charge is 0.118 e. The highest BCUT2D eigenvalue weighted by atomic mass is 79.9. The van der Waals surface area contributed by atoms with Gasteiger partial charge in [0.2, 0.25) is 0 Å². The van der Waals surface area contributed by atoms with E-state index in [9.17, 15) is 0 Å². The minimum atomic E-state index is 0.486. The van der Waals surface area contributed by atoms with Crippen LogP contribution in [0.3, 0.4) is 0 Å². The summed E-state index contributed by atoms with van der Waals surface area (Å²) in [5.74, 6) is 1.36. The Labute approximate surface area is 112 Å². The van der Waals surface area contributed by atoms with E-state index >= 15 is 0 Å². The van der Waals surface area contributed by atoms with Crippen molar-refractivity contribution in [3.05, 3.63) is 40.9 Å². The molecule has 1 atom stereocenters. The molecule has 17 heavy (non-hydrogen) atoms. The second-order valence-corrected chi connectivity index (χ2v) is 5.31. The first-order valence-corrected chi connectivity index (χ1v) is 6.45. The van der Waals surface area contributed by atoms with Crippen LogP contribution in [0, 0.1) is 5.92 Å². The maximum atomic E-state index is 5.65. The van der Waals surface area contributed by atoms with E-state index < -0.39 is 0 Å². The van der Waals surface area contributed by atoms with Crippen LogP contribution < -0.4 is 4.74 Å². The summed E-state index contributed by atoms with van der Waals surface area (Å²) in [6.45, 7) is 7.37. The predicted molar refractivity (Wildman–Crippen MR) is 74.5 cm³/mol. The van der Waals surface area contributed by atoms with Crippen molar-refractivity contribution in [2.45, 2.75) is 20.0 Å². The zero-order valence-corrected chi connectivity index (χ0v) is 12.0. The van der Waals surface area contributed by atoms with Gasteiger partial charge < -0.3 is 9.47 Å². The molecule has 0 saturated carbocycles. The van der Waals surface area contributed by atoms with Gasteiger partial charge in [-0.15, -0.1) is 0 Å². The van der Waals surface area contributed by atoms with Gasteiger partial charge in [0.25, 0.3) is 0 Å². The van der Waals surface area contributed by atoms with E-state index in [1.165, 1.54) is 0 Å². The van der Waals surface area contributed by atoms with Crippen molar-refractivity contribution in [3.8, 4) is 5.75 Å². The van der Waals surface area contributed by atoms with Gasteiger partial charge in [-0.2, -0.15) is 0 Å². The molecule has 0 aliphatic carbocycles. The first kappa shape index (κ1) is 14.3. The van der Waals surface area contributed by atoms with Gasteiger partial charge >= 0.3 is 0 Å². The Hall–Kier alpha value is -0.800. The highest BCUT2D eigenvalue weighted by molar-refractivity contribution is 9.11. The second-order valence-electron chi connectivity index (χ2n) is 4.19. The van der Waals surface area contributed by atoms with E-state index in [1.807, 2.05) is 24.3 Å². The molecule has 0 aromatic heterocycles. The van der Waals surface area contributed by atoms with Crippen LogP contribution in [0.15, 0.2) is 35.3 Å². The molecule has 1 aromatic carbocycles. The lowest BCUT2D eigenvalue weighted by Crippen LogP contribution is -2.05. The summed E-state index contributed by atoms with van der Waals surface area (Å²) in [7, 11) is 1.67. The maximum Gasteiger partial charge on any atom is 0.118 e. The fourth-order valence-electron chi connectivity index (χ4n) is 1.54. The number of methoxy groups -OCH3 is 1. The standard InChI is InChI=1S/C14H19BrO2/c1-11(8-12(2)15)9-17-10-13-4-6-14(16-3)7-5-13/h4-7,11H,2,8-10H2,1,3H3/t11-/m0/s1. The van der Waals surface area contributed by atoms with E-state index in [0.717, 1.165) is 28.8 Å². The predicted octanol–water partition coefficient (Wildman–Crippen LogP) is 4.15. The summed E-state index contributed by atoms with van der Waals surface area (Å²) in [6.07, 6.45) is 0.947. The van der Waals surface area contributed by atoms with Crippen LogP contribution >= 0.6 is 15.9 Å². The molecule has 3 heteroatoms. The molecule has 94 valence electrons. The first-order valence-electron chi connectivity index (χ1n) is 5.65. The van der Waals surface area contributed by atoms with Gasteiger partial charge in [0.15, 0.2) is 0 Å². The molecule has 0 fully saturated rings. The lowest BCUT2D eigenvalue weighted by molar-refractivity contribution is 0.0927. The van der Waals surface area contributed by atoms with Crippen molar-refractivity contribution in [2.75, 3.05) is 13.7 Å². The van der Waals surface area contributed by atoms with Crippen molar-refractivity contribution >= 4 is 15.9 Å². The van der Waals surface area contributed by atoms with Crippen LogP contribution in [0.25, 0.3) is 0 Å². The Morgan fingerprint density at radius 3 is 2.53 bits per heavy atom. The van der Waals surface area contributed by atoms with E-state index in [0.29, 0.717) is 12.5 Å². The number of hydrogen-bond acceptors (Lipinski definition) is 2. The quantitative estimate of drug-likeness (QED) is 0.753. The third-order valence-electron chi connectivity index (χ3n) is 2.40. The van der Waals surface area contributed by atoms with Crippen molar-refractivity contribution in [3.63, 3.8) is 0 Å². The normalized spacial score (nSPS) is 12.2. The monoisotopic (exact) mass is 298 g/mol. The maximum absolute atomic E-state index is 5.65. The van der Waals surface area contributed by atoms with Crippen LogP contribution in [0.1, 0.15) is 18.9 Å². The molecule has 0 heterocycles. The topological polar surface area (TPSA) is 18.5 Å². The fourth-order valence-corrected chi connectivity index (χ4v) is 2.09. The lowest BCUT2D eigenvalue weighted by atomic mass is 10.1. The number of benzene rings is 1. The third kappa shape index (κ3) is 5.89. The molecule has 0 unspecified atom stereocenters. The zero-order chi connectivity index (χ0) is 12.7. The average molecular weight is 299 g/mol. The Balaban J connectivity index is 2.28. The molecule has 0 bridgehead atoms. The molecule has 0 N–H and O–H groups in total. The van der Waals surface area contributed by atoms with Gasteiger partial charge in [0.1, 0.15) is 5.75 Å². The van der Waals surface area contributed by atoms with E-state index in [-0.39, 0.29) is 0 Å². The summed E-state index contributed by atoms with van der Waals surface area (Å²) in [4.78, 5) is 0. The molecule has 0 saturated heterocycles. The summed E-state index contributed by atoms with van der Waals surface area (Å²) < 4.78 is 11.8.